The number of likely N-dealkylation sites (tertiary alicyclic amines) is 1. The van der Waals surface area contributed by atoms with Gasteiger partial charge in [0.25, 0.3) is 0 Å². The lowest BCUT2D eigenvalue weighted by Crippen LogP contribution is -2.47. The zero-order valence-electron chi connectivity index (χ0n) is 11.3. The first-order chi connectivity index (χ1) is 8.04. The number of primary amides is 1. The van der Waals surface area contributed by atoms with E-state index in [0.29, 0.717) is 6.04 Å². The Morgan fingerprint density at radius 2 is 2.35 bits per heavy atom. The van der Waals surface area contributed by atoms with Crippen molar-refractivity contribution in [3.8, 4) is 0 Å². The molecule has 1 amide bonds. The van der Waals surface area contributed by atoms with Gasteiger partial charge in [-0.25, -0.2) is 0 Å². The summed E-state index contributed by atoms with van der Waals surface area (Å²) in [6, 6.07) is 0.401. The molecule has 0 saturated carbocycles. The lowest BCUT2D eigenvalue weighted by molar-refractivity contribution is -0.120. The maximum Gasteiger partial charge on any atom is 0.234 e. The van der Waals surface area contributed by atoms with Gasteiger partial charge in [0.15, 0.2) is 0 Å². The van der Waals surface area contributed by atoms with Gasteiger partial charge >= 0.3 is 0 Å². The van der Waals surface area contributed by atoms with Crippen molar-refractivity contribution in [1.82, 2.24) is 15.1 Å². The van der Waals surface area contributed by atoms with Crippen molar-refractivity contribution in [3.05, 3.63) is 0 Å². The van der Waals surface area contributed by atoms with Crippen LogP contribution in [0.4, 0.5) is 0 Å². The smallest absolute Gasteiger partial charge is 0.234 e. The number of piperidine rings is 1. The summed E-state index contributed by atoms with van der Waals surface area (Å²) in [5, 5.41) is 2.96. The van der Waals surface area contributed by atoms with Crippen LogP contribution in [0.25, 0.3) is 0 Å². The molecule has 0 spiro atoms. The summed E-state index contributed by atoms with van der Waals surface area (Å²) in [6.45, 7) is 3.23. The molecule has 0 aliphatic carbocycles. The molecule has 2 atom stereocenters. The van der Waals surface area contributed by atoms with E-state index in [4.69, 9.17) is 5.73 Å². The van der Waals surface area contributed by atoms with Crippen LogP contribution in [0.5, 0.6) is 0 Å². The van der Waals surface area contributed by atoms with Gasteiger partial charge < -0.3 is 20.9 Å². The fourth-order valence-electron chi connectivity index (χ4n) is 2.44. The first kappa shape index (κ1) is 14.4. The second kappa shape index (κ2) is 6.93. The number of nitrogens with one attached hydrogen (secondary N) is 1. The maximum absolute atomic E-state index is 11.1. The van der Waals surface area contributed by atoms with E-state index in [1.165, 1.54) is 19.4 Å². The largest absolute Gasteiger partial charge is 0.368 e. The van der Waals surface area contributed by atoms with E-state index in [-0.39, 0.29) is 11.9 Å². The van der Waals surface area contributed by atoms with Crippen LogP contribution in [-0.4, -0.2) is 68.6 Å². The van der Waals surface area contributed by atoms with E-state index in [9.17, 15) is 4.79 Å². The van der Waals surface area contributed by atoms with Gasteiger partial charge in [-0.05, 0) is 47.0 Å². The minimum atomic E-state index is -0.262. The number of carbonyl (C=O) groups excluding carboxylic acids is 1. The van der Waals surface area contributed by atoms with Gasteiger partial charge in [0.1, 0.15) is 0 Å². The molecule has 100 valence electrons. The van der Waals surface area contributed by atoms with E-state index in [1.54, 1.807) is 7.05 Å². The maximum atomic E-state index is 11.1. The molecule has 0 aromatic carbocycles. The van der Waals surface area contributed by atoms with E-state index >= 15 is 0 Å². The average molecular weight is 242 g/mol. The van der Waals surface area contributed by atoms with Gasteiger partial charge in [0.2, 0.25) is 5.91 Å². The highest BCUT2D eigenvalue weighted by Crippen LogP contribution is 2.13. The topological polar surface area (TPSA) is 61.6 Å². The minimum Gasteiger partial charge on any atom is -0.368 e. The van der Waals surface area contributed by atoms with Crippen molar-refractivity contribution < 1.29 is 4.79 Å². The second-order valence-electron chi connectivity index (χ2n) is 5.07. The number of nitrogens with zero attached hydrogens (tertiary/aromatic N) is 2. The molecule has 5 heteroatoms. The summed E-state index contributed by atoms with van der Waals surface area (Å²) in [5.74, 6) is -0.262. The highest BCUT2D eigenvalue weighted by molar-refractivity contribution is 5.79. The third-order valence-electron chi connectivity index (χ3n) is 3.69. The van der Waals surface area contributed by atoms with Crippen LogP contribution in [0.15, 0.2) is 0 Å². The predicted molar refractivity (Wildman–Crippen MR) is 69.8 cm³/mol. The van der Waals surface area contributed by atoms with Crippen molar-refractivity contribution in [1.29, 1.82) is 0 Å². The van der Waals surface area contributed by atoms with Gasteiger partial charge in [0.05, 0.1) is 6.04 Å². The summed E-state index contributed by atoms with van der Waals surface area (Å²) < 4.78 is 0. The van der Waals surface area contributed by atoms with Gasteiger partial charge in [-0.3, -0.25) is 4.79 Å². The van der Waals surface area contributed by atoms with E-state index in [1.807, 2.05) is 0 Å². The molecule has 1 aliphatic heterocycles. The third kappa shape index (κ3) is 4.61. The lowest BCUT2D eigenvalue weighted by Gasteiger charge is -2.36. The highest BCUT2D eigenvalue weighted by Gasteiger charge is 2.22. The number of rotatable bonds is 6. The summed E-state index contributed by atoms with van der Waals surface area (Å²) in [5.41, 5.74) is 5.31. The Balaban J connectivity index is 2.32. The molecule has 2 unspecified atom stereocenters. The van der Waals surface area contributed by atoms with Gasteiger partial charge in [-0.1, -0.05) is 0 Å². The van der Waals surface area contributed by atoms with Gasteiger partial charge in [-0.2, -0.15) is 0 Å². The molecule has 1 aliphatic rings. The van der Waals surface area contributed by atoms with Crippen LogP contribution in [0.2, 0.25) is 0 Å². The number of likely N-dealkylation sites (N-methyl/N-ethyl adjacent to an activating group) is 3. The lowest BCUT2D eigenvalue weighted by atomic mass is 10.0. The van der Waals surface area contributed by atoms with Crippen LogP contribution < -0.4 is 11.1 Å². The molecule has 1 fully saturated rings. The summed E-state index contributed by atoms with van der Waals surface area (Å²) >= 11 is 0. The Hall–Kier alpha value is -0.650. The molecule has 5 nitrogen and oxygen atoms in total. The Morgan fingerprint density at radius 3 is 2.88 bits per heavy atom. The Bertz CT molecular complexity index is 247. The zero-order chi connectivity index (χ0) is 12.8. The standard InChI is InChI=1S/C12H26N4O/c1-14-11(12(13)17)6-8-16(3)10-5-4-7-15(2)9-10/h10-11,14H,4-9H2,1-3H3,(H2,13,17). The van der Waals surface area contributed by atoms with E-state index < -0.39 is 0 Å². The SMILES string of the molecule is CNC(CCN(C)C1CCCN(C)C1)C(N)=O. The summed E-state index contributed by atoms with van der Waals surface area (Å²) in [7, 11) is 6.08. The number of nitrogens with two attached hydrogens (primary N) is 1. The van der Waals surface area contributed by atoms with Crippen molar-refractivity contribution >= 4 is 5.91 Å². The fraction of sp³-hybridized carbons (Fsp3) is 0.917. The first-order valence-corrected chi connectivity index (χ1v) is 6.40. The van der Waals surface area contributed by atoms with Crippen LogP contribution in [-0.2, 0) is 4.79 Å². The molecule has 17 heavy (non-hydrogen) atoms. The molecule has 0 radical (unpaired) electrons. The van der Waals surface area contributed by atoms with Crippen LogP contribution in [0, 0.1) is 0 Å². The van der Waals surface area contributed by atoms with E-state index in [2.05, 4.69) is 29.2 Å². The molecule has 1 heterocycles. The van der Waals surface area contributed by atoms with Crippen LogP contribution in [0.3, 0.4) is 0 Å². The zero-order valence-corrected chi connectivity index (χ0v) is 11.3. The van der Waals surface area contributed by atoms with Gasteiger partial charge in [-0.15, -0.1) is 0 Å². The normalized spacial score (nSPS) is 23.9. The van der Waals surface area contributed by atoms with Crippen molar-refractivity contribution in [3.63, 3.8) is 0 Å². The van der Waals surface area contributed by atoms with Crippen molar-refractivity contribution in [2.75, 3.05) is 40.8 Å². The molecule has 1 rings (SSSR count). The average Bonchev–Trinajstić information content (AvgIpc) is 2.29. The second-order valence-corrected chi connectivity index (χ2v) is 5.07. The minimum absolute atomic E-state index is 0.209. The Kier molecular flexibility index (Phi) is 5.88. The molecule has 0 bridgehead atoms. The quantitative estimate of drug-likeness (QED) is 0.658. The molecular weight excluding hydrogens is 216 g/mol. The molecular formula is C12H26N4O. The Labute approximate surface area is 104 Å². The van der Waals surface area contributed by atoms with E-state index in [0.717, 1.165) is 19.5 Å². The Morgan fingerprint density at radius 1 is 1.65 bits per heavy atom. The molecule has 3 N–H and O–H groups in total. The predicted octanol–water partition coefficient (Wildman–Crippen LogP) is -0.524. The molecule has 1 saturated heterocycles. The molecule has 0 aromatic heterocycles. The number of amides is 1. The number of hydrogen-bond donors (Lipinski definition) is 2. The van der Waals surface area contributed by atoms with Crippen LogP contribution in [0.1, 0.15) is 19.3 Å². The number of hydrogen-bond acceptors (Lipinski definition) is 4. The first-order valence-electron chi connectivity index (χ1n) is 6.40. The fourth-order valence-corrected chi connectivity index (χ4v) is 2.44. The van der Waals surface area contributed by atoms with Gasteiger partial charge in [0, 0.05) is 19.1 Å². The third-order valence-corrected chi connectivity index (χ3v) is 3.69. The molecule has 0 aromatic rings. The van der Waals surface area contributed by atoms with Crippen LogP contribution >= 0.6 is 0 Å². The number of carbonyl (C=O) groups is 1. The summed E-state index contributed by atoms with van der Waals surface area (Å²) in [6.07, 6.45) is 3.29. The monoisotopic (exact) mass is 242 g/mol. The highest BCUT2D eigenvalue weighted by atomic mass is 16.1. The van der Waals surface area contributed by atoms with Crippen molar-refractivity contribution in [2.24, 2.45) is 5.73 Å². The van der Waals surface area contributed by atoms with Crippen molar-refractivity contribution in [2.45, 2.75) is 31.3 Å². The summed E-state index contributed by atoms with van der Waals surface area (Å²) in [4.78, 5) is 15.8.